The van der Waals surface area contributed by atoms with Crippen LogP contribution in [0.3, 0.4) is 0 Å². The van der Waals surface area contributed by atoms with Crippen LogP contribution in [0.4, 0.5) is 4.39 Å². The number of benzene rings is 1. The van der Waals surface area contributed by atoms with Gasteiger partial charge in [0, 0.05) is 0 Å². The van der Waals surface area contributed by atoms with Gasteiger partial charge in [-0.2, -0.15) is 0 Å². The molecule has 1 aliphatic rings. The van der Waals surface area contributed by atoms with Crippen LogP contribution in [0.2, 0.25) is 5.02 Å². The lowest BCUT2D eigenvalue weighted by Crippen LogP contribution is -2.33. The molecule has 21 heavy (non-hydrogen) atoms. The van der Waals surface area contributed by atoms with Crippen LogP contribution < -0.4 is 5.32 Å². The summed E-state index contributed by atoms with van der Waals surface area (Å²) >= 11 is 6.14. The monoisotopic (exact) mass is 311 g/mol. The summed E-state index contributed by atoms with van der Waals surface area (Å²) in [5.74, 6) is 1.84. The molecule has 0 heterocycles. The first kappa shape index (κ1) is 16.8. The van der Waals surface area contributed by atoms with E-state index < -0.39 is 0 Å². The molecule has 1 aromatic carbocycles. The first-order valence-corrected chi connectivity index (χ1v) is 8.61. The summed E-state index contributed by atoms with van der Waals surface area (Å²) in [5, 5.41) is 3.64. The Morgan fingerprint density at radius 1 is 1.29 bits per heavy atom. The Kier molecular flexibility index (Phi) is 6.50. The molecule has 3 atom stereocenters. The van der Waals surface area contributed by atoms with Crippen LogP contribution >= 0.6 is 11.6 Å². The third-order valence-corrected chi connectivity index (χ3v) is 5.35. The number of halogens is 2. The Labute approximate surface area is 133 Å². The van der Waals surface area contributed by atoms with E-state index in [1.807, 2.05) is 13.1 Å². The van der Waals surface area contributed by atoms with Crippen molar-refractivity contribution in [2.45, 2.75) is 45.4 Å². The fourth-order valence-electron chi connectivity index (χ4n) is 3.86. The van der Waals surface area contributed by atoms with Gasteiger partial charge in [0.2, 0.25) is 0 Å². The molecule has 0 aromatic heterocycles. The Balaban J connectivity index is 2.09. The molecule has 0 amide bonds. The summed E-state index contributed by atoms with van der Waals surface area (Å²) in [7, 11) is 2.02. The summed E-state index contributed by atoms with van der Waals surface area (Å²) in [4.78, 5) is 0. The molecule has 0 bridgehead atoms. The molecule has 1 aromatic rings. The molecule has 1 fully saturated rings. The van der Waals surface area contributed by atoms with Crippen LogP contribution in [0, 0.1) is 23.6 Å². The largest absolute Gasteiger partial charge is 0.319 e. The van der Waals surface area contributed by atoms with Gasteiger partial charge < -0.3 is 5.32 Å². The van der Waals surface area contributed by atoms with Gasteiger partial charge in [-0.1, -0.05) is 49.9 Å². The third-order valence-electron chi connectivity index (χ3n) is 4.93. The first-order valence-electron chi connectivity index (χ1n) is 8.23. The normalized spacial score (nSPS) is 26.0. The van der Waals surface area contributed by atoms with Crippen LogP contribution in [-0.2, 0) is 6.42 Å². The zero-order valence-electron chi connectivity index (χ0n) is 13.2. The van der Waals surface area contributed by atoms with Gasteiger partial charge in [0.15, 0.2) is 0 Å². The van der Waals surface area contributed by atoms with E-state index >= 15 is 0 Å². The molecule has 2 rings (SSSR count). The minimum Gasteiger partial charge on any atom is -0.319 e. The minimum absolute atomic E-state index is 0.291. The molecule has 0 spiro atoms. The zero-order chi connectivity index (χ0) is 15.2. The first-order chi connectivity index (χ1) is 10.2. The fraction of sp³-hybridized carbons (Fsp3) is 0.667. The Morgan fingerprint density at radius 2 is 2.10 bits per heavy atom. The van der Waals surface area contributed by atoms with Crippen molar-refractivity contribution in [3.8, 4) is 0 Å². The molecule has 118 valence electrons. The number of rotatable bonds is 6. The Hall–Kier alpha value is -0.600. The molecule has 1 saturated carbocycles. The second-order valence-electron chi connectivity index (χ2n) is 6.46. The maximum Gasteiger partial charge on any atom is 0.142 e. The van der Waals surface area contributed by atoms with E-state index in [0.717, 1.165) is 24.4 Å². The van der Waals surface area contributed by atoms with E-state index in [-0.39, 0.29) is 5.82 Å². The Morgan fingerprint density at radius 3 is 2.81 bits per heavy atom. The fourth-order valence-corrected chi connectivity index (χ4v) is 4.07. The lowest BCUT2D eigenvalue weighted by molar-refractivity contribution is 0.169. The summed E-state index contributed by atoms with van der Waals surface area (Å²) in [6.45, 7) is 3.31. The predicted molar refractivity (Wildman–Crippen MR) is 88.3 cm³/mol. The maximum absolute atomic E-state index is 13.6. The van der Waals surface area contributed by atoms with E-state index in [0.29, 0.717) is 16.9 Å². The number of hydrogen-bond acceptors (Lipinski definition) is 1. The molecule has 0 saturated heterocycles. The maximum atomic E-state index is 13.6. The molecule has 1 nitrogen and oxygen atoms in total. The second-order valence-corrected chi connectivity index (χ2v) is 6.84. The van der Waals surface area contributed by atoms with Gasteiger partial charge in [-0.3, -0.25) is 0 Å². The van der Waals surface area contributed by atoms with Crippen molar-refractivity contribution in [2.75, 3.05) is 13.6 Å². The summed E-state index contributed by atoms with van der Waals surface area (Å²) in [5.41, 5.74) is 0.972. The lowest BCUT2D eigenvalue weighted by atomic mass is 9.70. The molecule has 1 aliphatic carbocycles. The molecular weight excluding hydrogens is 285 g/mol. The highest BCUT2D eigenvalue weighted by atomic mass is 35.5. The van der Waals surface area contributed by atoms with Crippen LogP contribution in [-0.4, -0.2) is 13.6 Å². The zero-order valence-corrected chi connectivity index (χ0v) is 13.9. The van der Waals surface area contributed by atoms with Gasteiger partial charge >= 0.3 is 0 Å². The standard InChI is InChI=1S/C18H27ClFN/c1-3-5-13-8-9-15(12-21-2)16(10-13)11-14-6-4-7-17(20)18(14)19/h4,6-7,13,15-16,21H,3,5,8-12H2,1-2H3. The van der Waals surface area contributed by atoms with Crippen molar-refractivity contribution in [3.05, 3.63) is 34.6 Å². The van der Waals surface area contributed by atoms with Gasteiger partial charge in [-0.15, -0.1) is 0 Å². The summed E-state index contributed by atoms with van der Waals surface area (Å²) < 4.78 is 13.6. The SMILES string of the molecule is CCCC1CCC(CNC)C(Cc2cccc(F)c2Cl)C1. The van der Waals surface area contributed by atoms with Gasteiger partial charge in [0.05, 0.1) is 5.02 Å². The second kappa shape index (κ2) is 8.14. The smallest absolute Gasteiger partial charge is 0.142 e. The summed E-state index contributed by atoms with van der Waals surface area (Å²) in [6.07, 6.45) is 7.36. The van der Waals surface area contributed by atoms with Crippen LogP contribution in [0.25, 0.3) is 0 Å². The van der Waals surface area contributed by atoms with E-state index in [4.69, 9.17) is 11.6 Å². The Bertz CT molecular complexity index is 449. The lowest BCUT2D eigenvalue weighted by Gasteiger charge is -2.36. The molecule has 0 radical (unpaired) electrons. The highest BCUT2D eigenvalue weighted by Gasteiger charge is 2.30. The number of hydrogen-bond donors (Lipinski definition) is 1. The topological polar surface area (TPSA) is 12.0 Å². The van der Waals surface area contributed by atoms with Crippen LogP contribution in [0.5, 0.6) is 0 Å². The van der Waals surface area contributed by atoms with Crippen molar-refractivity contribution in [1.82, 2.24) is 5.32 Å². The third kappa shape index (κ3) is 4.43. The molecule has 0 aliphatic heterocycles. The highest BCUT2D eigenvalue weighted by molar-refractivity contribution is 6.31. The quantitative estimate of drug-likeness (QED) is 0.773. The molecular formula is C18H27ClFN. The van der Waals surface area contributed by atoms with Crippen molar-refractivity contribution in [2.24, 2.45) is 17.8 Å². The predicted octanol–water partition coefficient (Wildman–Crippen LogP) is 5.07. The van der Waals surface area contributed by atoms with Crippen molar-refractivity contribution in [1.29, 1.82) is 0 Å². The average Bonchev–Trinajstić information content (AvgIpc) is 2.47. The summed E-state index contributed by atoms with van der Waals surface area (Å²) in [6, 6.07) is 5.19. The molecule has 1 N–H and O–H groups in total. The molecule has 3 heteroatoms. The molecule has 3 unspecified atom stereocenters. The van der Waals surface area contributed by atoms with Gasteiger partial charge in [0.1, 0.15) is 5.82 Å². The average molecular weight is 312 g/mol. The van der Waals surface area contributed by atoms with E-state index in [1.165, 1.54) is 38.2 Å². The van der Waals surface area contributed by atoms with E-state index in [2.05, 4.69) is 12.2 Å². The van der Waals surface area contributed by atoms with Crippen molar-refractivity contribution in [3.63, 3.8) is 0 Å². The number of nitrogens with one attached hydrogen (secondary N) is 1. The van der Waals surface area contributed by atoms with Crippen molar-refractivity contribution < 1.29 is 4.39 Å². The minimum atomic E-state index is -0.291. The van der Waals surface area contributed by atoms with Crippen LogP contribution in [0.15, 0.2) is 18.2 Å². The van der Waals surface area contributed by atoms with Gasteiger partial charge in [-0.05, 0) is 62.2 Å². The van der Waals surface area contributed by atoms with E-state index in [1.54, 1.807) is 6.07 Å². The van der Waals surface area contributed by atoms with Gasteiger partial charge in [0.25, 0.3) is 0 Å². The van der Waals surface area contributed by atoms with E-state index in [9.17, 15) is 4.39 Å². The van der Waals surface area contributed by atoms with Crippen molar-refractivity contribution >= 4 is 11.6 Å². The highest BCUT2D eigenvalue weighted by Crippen LogP contribution is 2.38. The van der Waals surface area contributed by atoms with Gasteiger partial charge in [-0.25, -0.2) is 4.39 Å². The van der Waals surface area contributed by atoms with Crippen LogP contribution in [0.1, 0.15) is 44.6 Å².